The maximum absolute atomic E-state index is 11.2. The standard InChI is InChI=1S/C16H15N5O5S/c1-2-17-16(27)19-18-10-11-5-3-4-6-14(11)26-15-8-7-12(20(22)23)9-13(15)21(24)25/h3-10H,2H2,1H3,(H2,17,19,27)/b18-10+. The van der Waals surface area contributed by atoms with Gasteiger partial charge in [0.2, 0.25) is 5.75 Å². The maximum atomic E-state index is 11.2. The zero-order chi connectivity index (χ0) is 19.8. The highest BCUT2D eigenvalue weighted by Gasteiger charge is 2.21. The molecule has 0 saturated heterocycles. The van der Waals surface area contributed by atoms with Crippen LogP contribution in [0.2, 0.25) is 0 Å². The van der Waals surface area contributed by atoms with Crippen molar-refractivity contribution in [1.29, 1.82) is 0 Å². The number of nitro groups is 2. The number of non-ortho nitro benzene ring substituents is 1. The fourth-order valence-electron chi connectivity index (χ4n) is 2.01. The summed E-state index contributed by atoms with van der Waals surface area (Å²) in [6.07, 6.45) is 1.44. The van der Waals surface area contributed by atoms with E-state index >= 15 is 0 Å². The van der Waals surface area contributed by atoms with E-state index in [4.69, 9.17) is 17.0 Å². The second-order valence-corrected chi connectivity index (χ2v) is 5.44. The molecule has 2 rings (SSSR count). The third-order valence-electron chi connectivity index (χ3n) is 3.20. The first-order valence-corrected chi connectivity index (χ1v) is 8.09. The van der Waals surface area contributed by atoms with Crippen LogP contribution in [0.3, 0.4) is 0 Å². The predicted octanol–water partition coefficient (Wildman–Crippen LogP) is 3.11. The molecule has 27 heavy (non-hydrogen) atoms. The molecule has 140 valence electrons. The van der Waals surface area contributed by atoms with Crippen LogP contribution in [0.1, 0.15) is 12.5 Å². The van der Waals surface area contributed by atoms with E-state index in [2.05, 4.69) is 15.8 Å². The molecule has 2 aromatic rings. The number of hydrogen-bond acceptors (Lipinski definition) is 7. The Morgan fingerprint density at radius 3 is 2.59 bits per heavy atom. The molecule has 0 bridgehead atoms. The highest BCUT2D eigenvalue weighted by molar-refractivity contribution is 7.80. The second-order valence-electron chi connectivity index (χ2n) is 5.04. The average Bonchev–Trinajstić information content (AvgIpc) is 2.63. The SMILES string of the molecule is CCNC(=S)N/N=C/c1ccccc1Oc1ccc([N+](=O)[O-])cc1[N+](=O)[O-]. The molecule has 0 aliphatic heterocycles. The van der Waals surface area contributed by atoms with Crippen molar-refractivity contribution in [3.8, 4) is 11.5 Å². The van der Waals surface area contributed by atoms with Crippen molar-refractivity contribution in [2.45, 2.75) is 6.92 Å². The molecule has 0 heterocycles. The number of ether oxygens (including phenoxy) is 1. The quantitative estimate of drug-likeness (QED) is 0.319. The van der Waals surface area contributed by atoms with Crippen LogP contribution in [-0.4, -0.2) is 27.7 Å². The van der Waals surface area contributed by atoms with Gasteiger partial charge in [-0.3, -0.25) is 25.7 Å². The monoisotopic (exact) mass is 389 g/mol. The summed E-state index contributed by atoms with van der Waals surface area (Å²) in [4.78, 5) is 20.6. The van der Waals surface area contributed by atoms with Gasteiger partial charge in [-0.25, -0.2) is 0 Å². The predicted molar refractivity (Wildman–Crippen MR) is 103 cm³/mol. The zero-order valence-corrected chi connectivity index (χ0v) is 14.9. The number of nitrogens with zero attached hydrogens (tertiary/aromatic N) is 3. The van der Waals surface area contributed by atoms with Crippen molar-refractivity contribution < 1.29 is 14.6 Å². The lowest BCUT2D eigenvalue weighted by molar-refractivity contribution is -0.394. The van der Waals surface area contributed by atoms with Gasteiger partial charge in [0.25, 0.3) is 5.69 Å². The number of nitro benzene ring substituents is 2. The Morgan fingerprint density at radius 2 is 1.93 bits per heavy atom. The van der Waals surface area contributed by atoms with Crippen molar-refractivity contribution in [3.05, 3.63) is 68.3 Å². The van der Waals surface area contributed by atoms with Crippen molar-refractivity contribution in [3.63, 3.8) is 0 Å². The van der Waals surface area contributed by atoms with Gasteiger partial charge in [-0.05, 0) is 37.3 Å². The molecule has 0 saturated carbocycles. The number of para-hydroxylation sites is 1. The molecule has 2 N–H and O–H groups in total. The summed E-state index contributed by atoms with van der Waals surface area (Å²) in [5.74, 6) is 0.164. The van der Waals surface area contributed by atoms with Crippen LogP contribution < -0.4 is 15.5 Å². The van der Waals surface area contributed by atoms with Gasteiger partial charge in [-0.15, -0.1) is 0 Å². The van der Waals surface area contributed by atoms with Crippen molar-refractivity contribution in [1.82, 2.24) is 10.7 Å². The molecule has 2 aromatic carbocycles. The van der Waals surface area contributed by atoms with Crippen LogP contribution in [0, 0.1) is 20.2 Å². The first-order valence-electron chi connectivity index (χ1n) is 7.69. The van der Waals surface area contributed by atoms with Crippen LogP contribution >= 0.6 is 12.2 Å². The summed E-state index contributed by atoms with van der Waals surface area (Å²) < 4.78 is 5.61. The van der Waals surface area contributed by atoms with E-state index in [0.29, 0.717) is 17.2 Å². The van der Waals surface area contributed by atoms with Gasteiger partial charge >= 0.3 is 5.69 Å². The molecule has 0 spiro atoms. The Bertz CT molecular complexity index is 903. The van der Waals surface area contributed by atoms with Crippen molar-refractivity contribution >= 4 is 34.9 Å². The van der Waals surface area contributed by atoms with Crippen LogP contribution in [0.15, 0.2) is 47.6 Å². The fraction of sp³-hybridized carbons (Fsp3) is 0.125. The summed E-state index contributed by atoms with van der Waals surface area (Å²) in [7, 11) is 0. The molecule has 0 aliphatic rings. The molecular weight excluding hydrogens is 374 g/mol. The Hall–Kier alpha value is -3.60. The highest BCUT2D eigenvalue weighted by Crippen LogP contribution is 2.35. The van der Waals surface area contributed by atoms with E-state index in [0.717, 1.165) is 12.1 Å². The van der Waals surface area contributed by atoms with E-state index in [1.54, 1.807) is 24.3 Å². The number of thiocarbonyl (C=S) groups is 1. The van der Waals surface area contributed by atoms with Gasteiger partial charge < -0.3 is 10.1 Å². The molecule has 0 aromatic heterocycles. The number of rotatable bonds is 7. The van der Waals surface area contributed by atoms with Gasteiger partial charge in [0.1, 0.15) is 5.75 Å². The summed E-state index contributed by atoms with van der Waals surface area (Å²) >= 11 is 4.99. The minimum atomic E-state index is -0.741. The Morgan fingerprint density at radius 1 is 1.19 bits per heavy atom. The molecule has 11 heteroatoms. The lowest BCUT2D eigenvalue weighted by atomic mass is 10.2. The summed E-state index contributed by atoms with van der Waals surface area (Å²) in [5, 5.41) is 29.2. The Kier molecular flexibility index (Phi) is 6.72. The molecule has 10 nitrogen and oxygen atoms in total. The molecule has 0 unspecified atom stereocenters. The van der Waals surface area contributed by atoms with E-state index < -0.39 is 21.2 Å². The fourth-order valence-corrected chi connectivity index (χ4v) is 2.20. The smallest absolute Gasteiger partial charge is 0.318 e. The minimum absolute atomic E-state index is 0.123. The summed E-state index contributed by atoms with van der Waals surface area (Å²) in [5.41, 5.74) is 2.24. The van der Waals surface area contributed by atoms with Crippen LogP contribution in [0.4, 0.5) is 11.4 Å². The van der Waals surface area contributed by atoms with E-state index in [1.165, 1.54) is 12.3 Å². The van der Waals surface area contributed by atoms with Gasteiger partial charge in [-0.2, -0.15) is 5.10 Å². The number of hydrazone groups is 1. The third-order valence-corrected chi connectivity index (χ3v) is 3.43. The number of hydrogen-bond donors (Lipinski definition) is 2. The van der Waals surface area contributed by atoms with E-state index in [1.807, 2.05) is 6.92 Å². The second kappa shape index (κ2) is 9.20. The van der Waals surface area contributed by atoms with Gasteiger partial charge in [0.15, 0.2) is 5.11 Å². The zero-order valence-electron chi connectivity index (χ0n) is 14.1. The third kappa shape index (κ3) is 5.44. The average molecular weight is 389 g/mol. The van der Waals surface area contributed by atoms with Gasteiger partial charge in [0.05, 0.1) is 22.1 Å². The number of nitrogens with one attached hydrogen (secondary N) is 2. The summed E-state index contributed by atoms with van der Waals surface area (Å²) in [6, 6.07) is 9.87. The largest absolute Gasteiger partial charge is 0.449 e. The Balaban J connectivity index is 2.28. The van der Waals surface area contributed by atoms with E-state index in [-0.39, 0.29) is 11.5 Å². The minimum Gasteiger partial charge on any atom is -0.449 e. The maximum Gasteiger partial charge on any atom is 0.318 e. The first-order chi connectivity index (χ1) is 12.9. The van der Waals surface area contributed by atoms with Gasteiger partial charge in [-0.1, -0.05) is 12.1 Å². The molecule has 0 fully saturated rings. The molecule has 0 aliphatic carbocycles. The normalized spacial score (nSPS) is 10.4. The first kappa shape index (κ1) is 19.7. The van der Waals surface area contributed by atoms with Crippen LogP contribution in [-0.2, 0) is 0 Å². The highest BCUT2D eigenvalue weighted by atomic mass is 32.1. The molecular formula is C16H15N5O5S. The van der Waals surface area contributed by atoms with Crippen LogP contribution in [0.25, 0.3) is 0 Å². The summed E-state index contributed by atoms with van der Waals surface area (Å²) in [6.45, 7) is 2.53. The lowest BCUT2D eigenvalue weighted by Gasteiger charge is -2.09. The molecule has 0 amide bonds. The Labute approximate surface area is 159 Å². The molecule has 0 atom stereocenters. The lowest BCUT2D eigenvalue weighted by Crippen LogP contribution is -2.31. The van der Waals surface area contributed by atoms with Crippen LogP contribution in [0.5, 0.6) is 11.5 Å². The van der Waals surface area contributed by atoms with Crippen molar-refractivity contribution in [2.24, 2.45) is 5.10 Å². The van der Waals surface area contributed by atoms with Crippen molar-refractivity contribution in [2.75, 3.05) is 6.54 Å². The topological polar surface area (TPSA) is 132 Å². The van der Waals surface area contributed by atoms with E-state index in [9.17, 15) is 20.2 Å². The molecule has 0 radical (unpaired) electrons. The number of benzene rings is 2. The van der Waals surface area contributed by atoms with Gasteiger partial charge in [0, 0.05) is 18.2 Å².